The van der Waals surface area contributed by atoms with E-state index in [1.54, 1.807) is 11.0 Å². The molecule has 0 aromatic heterocycles. The fraction of sp³-hybridized carbons (Fsp3) is 0.391. The van der Waals surface area contributed by atoms with Crippen molar-refractivity contribution in [3.63, 3.8) is 0 Å². The summed E-state index contributed by atoms with van der Waals surface area (Å²) in [4.78, 5) is 29.2. The first kappa shape index (κ1) is 20.5. The van der Waals surface area contributed by atoms with Crippen LogP contribution >= 0.6 is 0 Å². The lowest BCUT2D eigenvalue weighted by Crippen LogP contribution is -2.69. The normalized spacial score (nSPS) is 22.0. The highest BCUT2D eigenvalue weighted by molar-refractivity contribution is 5.97. The summed E-state index contributed by atoms with van der Waals surface area (Å²) in [6.07, 6.45) is 0. The van der Waals surface area contributed by atoms with E-state index >= 15 is 0 Å². The van der Waals surface area contributed by atoms with Crippen molar-refractivity contribution in [2.24, 2.45) is 0 Å². The minimum absolute atomic E-state index is 0.117. The molecule has 0 spiro atoms. The van der Waals surface area contributed by atoms with Gasteiger partial charge in [-0.05, 0) is 18.6 Å². The number of hydrogen-bond acceptors (Lipinski definition) is 4. The van der Waals surface area contributed by atoms with Gasteiger partial charge in [-0.15, -0.1) is 0 Å². The number of hydrogen-bond donors (Lipinski definition) is 1. The SMILES string of the molecule is Cc1ccc(F)c(CN2CCN3C(=O)[C@H](COCc4ccccc4)NC(=O)[C@H]3C2)c1. The van der Waals surface area contributed by atoms with Crippen LogP contribution in [0.5, 0.6) is 0 Å². The van der Waals surface area contributed by atoms with E-state index < -0.39 is 12.1 Å². The molecule has 4 rings (SSSR count). The predicted molar refractivity (Wildman–Crippen MR) is 110 cm³/mol. The van der Waals surface area contributed by atoms with Gasteiger partial charge in [-0.1, -0.05) is 48.0 Å². The Morgan fingerprint density at radius 2 is 1.93 bits per heavy atom. The van der Waals surface area contributed by atoms with Crippen LogP contribution in [0.15, 0.2) is 48.5 Å². The molecule has 2 aliphatic rings. The molecule has 7 heteroatoms. The smallest absolute Gasteiger partial charge is 0.248 e. The van der Waals surface area contributed by atoms with Crippen LogP contribution in [-0.2, 0) is 27.5 Å². The maximum Gasteiger partial charge on any atom is 0.248 e. The van der Waals surface area contributed by atoms with Crippen molar-refractivity contribution in [3.8, 4) is 0 Å². The summed E-state index contributed by atoms with van der Waals surface area (Å²) < 4.78 is 19.8. The van der Waals surface area contributed by atoms with Gasteiger partial charge in [-0.2, -0.15) is 0 Å². The van der Waals surface area contributed by atoms with Gasteiger partial charge in [0, 0.05) is 31.7 Å². The predicted octanol–water partition coefficient (Wildman–Crippen LogP) is 1.86. The topological polar surface area (TPSA) is 61.9 Å². The summed E-state index contributed by atoms with van der Waals surface area (Å²) in [7, 11) is 0. The summed E-state index contributed by atoms with van der Waals surface area (Å²) in [5, 5.41) is 2.80. The summed E-state index contributed by atoms with van der Waals surface area (Å²) >= 11 is 0. The molecule has 0 saturated carbocycles. The van der Waals surface area contributed by atoms with E-state index in [-0.39, 0.29) is 24.2 Å². The fourth-order valence-corrected chi connectivity index (χ4v) is 4.05. The van der Waals surface area contributed by atoms with Crippen LogP contribution in [0.2, 0.25) is 0 Å². The first-order chi connectivity index (χ1) is 14.5. The first-order valence-corrected chi connectivity index (χ1v) is 10.2. The molecule has 2 heterocycles. The zero-order chi connectivity index (χ0) is 21.1. The lowest BCUT2D eigenvalue weighted by Gasteiger charge is -2.45. The van der Waals surface area contributed by atoms with Crippen molar-refractivity contribution in [3.05, 3.63) is 71.0 Å². The summed E-state index contributed by atoms with van der Waals surface area (Å²) in [6, 6.07) is 13.5. The Bertz CT molecular complexity index is 921. The van der Waals surface area contributed by atoms with Crippen molar-refractivity contribution in [2.75, 3.05) is 26.2 Å². The second kappa shape index (κ2) is 8.93. The quantitative estimate of drug-likeness (QED) is 0.788. The average Bonchev–Trinajstić information content (AvgIpc) is 2.75. The van der Waals surface area contributed by atoms with Crippen molar-refractivity contribution in [2.45, 2.75) is 32.2 Å². The van der Waals surface area contributed by atoms with Gasteiger partial charge in [0.15, 0.2) is 0 Å². The molecule has 2 aromatic rings. The number of rotatable bonds is 6. The number of benzene rings is 2. The zero-order valence-corrected chi connectivity index (χ0v) is 17.0. The molecule has 158 valence electrons. The Kier molecular flexibility index (Phi) is 6.11. The molecule has 0 radical (unpaired) electrons. The van der Waals surface area contributed by atoms with Gasteiger partial charge < -0.3 is 15.0 Å². The molecule has 0 unspecified atom stereocenters. The van der Waals surface area contributed by atoms with Gasteiger partial charge in [0.1, 0.15) is 17.9 Å². The van der Waals surface area contributed by atoms with Gasteiger partial charge >= 0.3 is 0 Å². The lowest BCUT2D eigenvalue weighted by molar-refractivity contribution is -0.155. The van der Waals surface area contributed by atoms with E-state index in [1.807, 2.05) is 48.2 Å². The number of halogens is 1. The number of ether oxygens (including phenoxy) is 1. The summed E-state index contributed by atoms with van der Waals surface area (Å²) in [5.74, 6) is -0.547. The monoisotopic (exact) mass is 411 g/mol. The highest BCUT2D eigenvalue weighted by Gasteiger charge is 2.43. The highest BCUT2D eigenvalue weighted by Crippen LogP contribution is 2.20. The van der Waals surface area contributed by atoms with Gasteiger partial charge in [-0.3, -0.25) is 14.5 Å². The minimum atomic E-state index is -0.668. The molecule has 2 amide bonds. The van der Waals surface area contributed by atoms with Gasteiger partial charge in [-0.25, -0.2) is 4.39 Å². The Morgan fingerprint density at radius 3 is 2.73 bits per heavy atom. The van der Waals surface area contributed by atoms with Crippen LogP contribution < -0.4 is 5.32 Å². The maximum absolute atomic E-state index is 14.1. The summed E-state index contributed by atoms with van der Waals surface area (Å²) in [6.45, 7) is 4.31. The number of carbonyl (C=O) groups is 2. The number of nitrogens with one attached hydrogen (secondary N) is 1. The van der Waals surface area contributed by atoms with Crippen LogP contribution in [0.4, 0.5) is 4.39 Å². The van der Waals surface area contributed by atoms with E-state index in [0.717, 1.165) is 11.1 Å². The Labute approximate surface area is 175 Å². The molecular formula is C23H26FN3O3. The maximum atomic E-state index is 14.1. The van der Waals surface area contributed by atoms with E-state index in [9.17, 15) is 14.0 Å². The molecule has 1 N–H and O–H groups in total. The van der Waals surface area contributed by atoms with Crippen molar-refractivity contribution >= 4 is 11.8 Å². The van der Waals surface area contributed by atoms with Gasteiger partial charge in [0.25, 0.3) is 0 Å². The van der Waals surface area contributed by atoms with E-state index in [4.69, 9.17) is 4.74 Å². The van der Waals surface area contributed by atoms with Gasteiger partial charge in [0.2, 0.25) is 11.8 Å². The molecule has 2 aromatic carbocycles. The molecule has 2 saturated heterocycles. The number of carbonyl (C=O) groups excluding carboxylic acids is 2. The number of nitrogens with zero attached hydrogens (tertiary/aromatic N) is 2. The first-order valence-electron chi connectivity index (χ1n) is 10.2. The van der Waals surface area contributed by atoms with Crippen molar-refractivity contribution < 1.29 is 18.7 Å². The molecule has 30 heavy (non-hydrogen) atoms. The van der Waals surface area contributed by atoms with E-state index in [1.165, 1.54) is 6.07 Å². The Morgan fingerprint density at radius 1 is 1.13 bits per heavy atom. The largest absolute Gasteiger partial charge is 0.374 e. The number of amides is 2. The molecule has 2 fully saturated rings. The number of aryl methyl sites for hydroxylation is 1. The molecule has 6 nitrogen and oxygen atoms in total. The van der Waals surface area contributed by atoms with Crippen molar-refractivity contribution in [1.82, 2.24) is 15.1 Å². The standard InChI is InChI=1S/C23H26FN3O3/c1-16-7-8-19(24)18(11-16)12-26-9-10-27-21(13-26)22(28)25-20(23(27)29)15-30-14-17-5-3-2-4-6-17/h2-8,11,20-21H,9-10,12-15H2,1H3,(H,25,28)/t20-,21+/m0/s1. The summed E-state index contributed by atoms with van der Waals surface area (Å²) in [5.41, 5.74) is 2.62. The van der Waals surface area contributed by atoms with E-state index in [0.29, 0.717) is 38.3 Å². The molecule has 0 bridgehead atoms. The second-order valence-electron chi connectivity index (χ2n) is 7.94. The third kappa shape index (κ3) is 4.52. The third-order valence-electron chi connectivity index (χ3n) is 5.66. The minimum Gasteiger partial charge on any atom is -0.374 e. The third-order valence-corrected chi connectivity index (χ3v) is 5.66. The lowest BCUT2D eigenvalue weighted by atomic mass is 10.0. The van der Waals surface area contributed by atoms with Crippen LogP contribution in [0.1, 0.15) is 16.7 Å². The Hall–Kier alpha value is -2.77. The molecular weight excluding hydrogens is 385 g/mol. The number of piperazine rings is 2. The van der Waals surface area contributed by atoms with Gasteiger partial charge in [0.05, 0.1) is 13.2 Å². The number of fused-ring (bicyclic) bond motifs is 1. The van der Waals surface area contributed by atoms with Crippen molar-refractivity contribution in [1.29, 1.82) is 0 Å². The highest BCUT2D eigenvalue weighted by atomic mass is 19.1. The molecule has 0 aliphatic carbocycles. The molecule has 2 aliphatic heterocycles. The fourth-order valence-electron chi connectivity index (χ4n) is 4.05. The molecule has 2 atom stereocenters. The van der Waals surface area contributed by atoms with E-state index in [2.05, 4.69) is 5.32 Å². The second-order valence-corrected chi connectivity index (χ2v) is 7.94. The van der Waals surface area contributed by atoms with Crippen LogP contribution in [-0.4, -0.2) is 59.9 Å². The van der Waals surface area contributed by atoms with Crippen LogP contribution in [0.3, 0.4) is 0 Å². The van der Waals surface area contributed by atoms with Crippen LogP contribution in [0, 0.1) is 12.7 Å². The average molecular weight is 411 g/mol. The van der Waals surface area contributed by atoms with Crippen LogP contribution in [0.25, 0.3) is 0 Å². The Balaban J connectivity index is 1.34. The zero-order valence-electron chi connectivity index (χ0n) is 17.0.